The van der Waals surface area contributed by atoms with Crippen molar-refractivity contribution in [2.45, 2.75) is 0 Å². The van der Waals surface area contributed by atoms with Crippen molar-refractivity contribution >= 4 is 21.9 Å². The lowest BCUT2D eigenvalue weighted by atomic mass is 10.3. The molecule has 3 nitrogen and oxygen atoms in total. The zero-order chi connectivity index (χ0) is 10.1. The number of rotatable bonds is 1. The van der Waals surface area contributed by atoms with E-state index in [0.717, 1.165) is 0 Å². The maximum Gasteiger partial charge on any atom is 0.205 e. The highest BCUT2D eigenvalue weighted by Crippen LogP contribution is 2.21. The smallest absolute Gasteiger partial charge is 0.205 e. The first-order valence-corrected chi connectivity index (χ1v) is 4.72. The Kier molecular flexibility index (Phi) is 2.25. The van der Waals surface area contributed by atoms with Gasteiger partial charge in [0.1, 0.15) is 10.4 Å². The summed E-state index contributed by atoms with van der Waals surface area (Å²) < 4.78 is 15.2. The van der Waals surface area contributed by atoms with Gasteiger partial charge in [-0.05, 0) is 34.1 Å². The molecule has 0 aliphatic carbocycles. The Balaban J connectivity index is 2.59. The van der Waals surface area contributed by atoms with Gasteiger partial charge in [0.2, 0.25) is 5.95 Å². The summed E-state index contributed by atoms with van der Waals surface area (Å²) in [5.41, 5.74) is 6.27. The molecule has 2 rings (SSSR count). The minimum absolute atomic E-state index is 0.303. The summed E-state index contributed by atoms with van der Waals surface area (Å²) in [5.74, 6) is 0.0185. The third kappa shape index (κ3) is 1.50. The number of imidazole rings is 1. The summed E-state index contributed by atoms with van der Waals surface area (Å²) in [6.07, 6.45) is 1.57. The number of hydrogen-bond donors (Lipinski definition) is 1. The van der Waals surface area contributed by atoms with E-state index in [1.807, 2.05) is 0 Å². The van der Waals surface area contributed by atoms with Crippen molar-refractivity contribution in [3.05, 3.63) is 40.9 Å². The fourth-order valence-corrected chi connectivity index (χ4v) is 1.70. The van der Waals surface area contributed by atoms with E-state index in [0.29, 0.717) is 16.2 Å². The molecular weight excluding hydrogens is 249 g/mol. The van der Waals surface area contributed by atoms with Gasteiger partial charge < -0.3 is 5.73 Å². The van der Waals surface area contributed by atoms with Crippen molar-refractivity contribution in [1.29, 1.82) is 0 Å². The molecule has 1 aromatic heterocycles. The summed E-state index contributed by atoms with van der Waals surface area (Å²) in [7, 11) is 0. The Labute approximate surface area is 88.5 Å². The van der Waals surface area contributed by atoms with Crippen LogP contribution in [0.3, 0.4) is 0 Å². The van der Waals surface area contributed by atoms with Crippen molar-refractivity contribution in [2.24, 2.45) is 0 Å². The Morgan fingerprint density at radius 2 is 2.21 bits per heavy atom. The minimum atomic E-state index is -0.303. The number of nitrogens with zero attached hydrogens (tertiary/aromatic N) is 2. The van der Waals surface area contributed by atoms with Crippen LogP contribution >= 0.6 is 15.9 Å². The first-order chi connectivity index (χ1) is 6.68. The maximum atomic E-state index is 12.9. The summed E-state index contributed by atoms with van der Waals surface area (Å²) in [6, 6.07) is 6.15. The number of hydrogen-bond acceptors (Lipinski definition) is 2. The van der Waals surface area contributed by atoms with Gasteiger partial charge in [0, 0.05) is 0 Å². The highest BCUT2D eigenvalue weighted by molar-refractivity contribution is 9.10. The Bertz CT molecular complexity index is 447. The fourth-order valence-electron chi connectivity index (χ4n) is 1.22. The van der Waals surface area contributed by atoms with Gasteiger partial charge in [0.15, 0.2) is 0 Å². The van der Waals surface area contributed by atoms with E-state index in [9.17, 15) is 4.39 Å². The van der Waals surface area contributed by atoms with E-state index in [4.69, 9.17) is 5.73 Å². The van der Waals surface area contributed by atoms with Crippen LogP contribution < -0.4 is 5.73 Å². The van der Waals surface area contributed by atoms with Gasteiger partial charge in [-0.25, -0.2) is 9.37 Å². The van der Waals surface area contributed by atoms with Crippen molar-refractivity contribution in [2.75, 3.05) is 5.73 Å². The molecule has 0 saturated carbocycles. The molecule has 14 heavy (non-hydrogen) atoms. The Morgan fingerprint density at radius 3 is 2.79 bits per heavy atom. The average Bonchev–Trinajstić information content (AvgIpc) is 2.46. The number of benzene rings is 1. The second kappa shape index (κ2) is 3.42. The van der Waals surface area contributed by atoms with Crippen LogP contribution in [-0.4, -0.2) is 9.55 Å². The zero-order valence-electron chi connectivity index (χ0n) is 7.11. The second-order valence-electron chi connectivity index (χ2n) is 2.75. The van der Waals surface area contributed by atoms with Gasteiger partial charge in [0.25, 0.3) is 0 Å². The predicted molar refractivity (Wildman–Crippen MR) is 55.6 cm³/mol. The lowest BCUT2D eigenvalue weighted by Gasteiger charge is -2.05. The van der Waals surface area contributed by atoms with E-state index in [1.165, 1.54) is 12.1 Å². The SMILES string of the molecule is Nc1ncc(Br)n1-c1cccc(F)c1. The van der Waals surface area contributed by atoms with Crippen LogP contribution in [0, 0.1) is 5.82 Å². The van der Waals surface area contributed by atoms with Gasteiger partial charge in [-0.2, -0.15) is 0 Å². The molecule has 0 unspecified atom stereocenters. The van der Waals surface area contributed by atoms with Crippen molar-refractivity contribution < 1.29 is 4.39 Å². The average molecular weight is 256 g/mol. The number of nitrogen functional groups attached to an aromatic ring is 1. The Hall–Kier alpha value is -1.36. The second-order valence-corrected chi connectivity index (χ2v) is 3.57. The third-order valence-electron chi connectivity index (χ3n) is 1.81. The predicted octanol–water partition coefficient (Wildman–Crippen LogP) is 2.36. The van der Waals surface area contributed by atoms with Gasteiger partial charge in [-0.15, -0.1) is 0 Å². The van der Waals surface area contributed by atoms with Crippen molar-refractivity contribution in [3.63, 3.8) is 0 Å². The number of nitrogens with two attached hydrogens (primary N) is 1. The van der Waals surface area contributed by atoms with Crippen molar-refractivity contribution in [1.82, 2.24) is 9.55 Å². The van der Waals surface area contributed by atoms with E-state index in [1.54, 1.807) is 22.9 Å². The molecule has 5 heteroatoms. The molecule has 1 aromatic carbocycles. The normalized spacial score (nSPS) is 10.4. The molecule has 72 valence electrons. The largest absolute Gasteiger partial charge is 0.369 e. The highest BCUT2D eigenvalue weighted by atomic mass is 79.9. The zero-order valence-corrected chi connectivity index (χ0v) is 8.70. The molecule has 0 atom stereocenters. The van der Waals surface area contributed by atoms with Crippen LogP contribution in [0.4, 0.5) is 10.3 Å². The van der Waals surface area contributed by atoms with Crippen molar-refractivity contribution in [3.8, 4) is 5.69 Å². The van der Waals surface area contributed by atoms with E-state index >= 15 is 0 Å². The van der Waals surface area contributed by atoms with Crippen LogP contribution in [0.25, 0.3) is 5.69 Å². The molecule has 0 aliphatic heterocycles. The molecule has 0 bridgehead atoms. The number of aromatic nitrogens is 2. The first kappa shape index (κ1) is 9.21. The first-order valence-electron chi connectivity index (χ1n) is 3.93. The van der Waals surface area contributed by atoms with Gasteiger partial charge in [-0.1, -0.05) is 6.07 Å². The number of anilines is 1. The van der Waals surface area contributed by atoms with Crippen LogP contribution in [-0.2, 0) is 0 Å². The summed E-state index contributed by atoms with van der Waals surface area (Å²) >= 11 is 3.28. The van der Waals surface area contributed by atoms with Crippen LogP contribution in [0.15, 0.2) is 35.1 Å². The summed E-state index contributed by atoms with van der Waals surface area (Å²) in [5, 5.41) is 0. The standard InChI is InChI=1S/C9H7BrFN3/c10-8-5-13-9(12)14(8)7-3-1-2-6(11)4-7/h1-5H,(H2,12,13). The highest BCUT2D eigenvalue weighted by Gasteiger charge is 2.06. The lowest BCUT2D eigenvalue weighted by molar-refractivity contribution is 0.626. The van der Waals surface area contributed by atoms with Gasteiger partial charge in [0.05, 0.1) is 11.9 Å². The third-order valence-corrected chi connectivity index (χ3v) is 2.37. The molecule has 0 fully saturated rings. The quantitative estimate of drug-likeness (QED) is 0.851. The molecule has 2 aromatic rings. The molecule has 0 aliphatic rings. The van der Waals surface area contributed by atoms with E-state index < -0.39 is 0 Å². The monoisotopic (exact) mass is 255 g/mol. The van der Waals surface area contributed by atoms with Crippen LogP contribution in [0.2, 0.25) is 0 Å². The topological polar surface area (TPSA) is 43.8 Å². The van der Waals surface area contributed by atoms with Gasteiger partial charge >= 0.3 is 0 Å². The minimum Gasteiger partial charge on any atom is -0.369 e. The molecule has 0 saturated heterocycles. The molecule has 0 spiro atoms. The molecule has 0 radical (unpaired) electrons. The lowest BCUT2D eigenvalue weighted by Crippen LogP contribution is -2.01. The van der Waals surface area contributed by atoms with E-state index in [-0.39, 0.29) is 5.82 Å². The molecule has 2 N–H and O–H groups in total. The molecule has 0 amide bonds. The summed E-state index contributed by atoms with van der Waals surface area (Å²) in [4.78, 5) is 3.89. The maximum absolute atomic E-state index is 12.9. The molecule has 1 heterocycles. The van der Waals surface area contributed by atoms with Crippen LogP contribution in [0.1, 0.15) is 0 Å². The fraction of sp³-hybridized carbons (Fsp3) is 0. The summed E-state index contributed by atoms with van der Waals surface area (Å²) in [6.45, 7) is 0. The Morgan fingerprint density at radius 1 is 1.43 bits per heavy atom. The van der Waals surface area contributed by atoms with Gasteiger partial charge in [-0.3, -0.25) is 4.57 Å². The number of halogens is 2. The molecular formula is C9H7BrFN3. The van der Waals surface area contributed by atoms with Crippen LogP contribution in [0.5, 0.6) is 0 Å². The van der Waals surface area contributed by atoms with E-state index in [2.05, 4.69) is 20.9 Å².